The molecule has 1 unspecified atom stereocenters. The van der Waals surface area contributed by atoms with E-state index in [1.807, 2.05) is 0 Å². The van der Waals surface area contributed by atoms with Gasteiger partial charge in [-0.3, -0.25) is 4.90 Å². The first-order valence-corrected chi connectivity index (χ1v) is 8.39. The summed E-state index contributed by atoms with van der Waals surface area (Å²) in [5.74, 6) is 0. The summed E-state index contributed by atoms with van der Waals surface area (Å²) in [6, 6.07) is 0.786. The van der Waals surface area contributed by atoms with Crippen molar-refractivity contribution < 1.29 is 0 Å². The topological polar surface area (TPSA) is 32.5 Å². The van der Waals surface area contributed by atoms with E-state index in [1.54, 1.807) is 0 Å². The van der Waals surface area contributed by atoms with Gasteiger partial charge in [-0.1, -0.05) is 33.1 Å². The third kappa shape index (κ3) is 3.71. The fraction of sp³-hybridized carbons (Fsp3) is 1.00. The molecule has 2 fully saturated rings. The molecular formula is C16H33N3. The highest BCUT2D eigenvalue weighted by molar-refractivity contribution is 4.91. The van der Waals surface area contributed by atoms with Crippen molar-refractivity contribution in [3.05, 3.63) is 0 Å². The highest BCUT2D eigenvalue weighted by Gasteiger charge is 2.35. The molecule has 0 aromatic carbocycles. The van der Waals surface area contributed by atoms with Gasteiger partial charge in [0.15, 0.2) is 0 Å². The van der Waals surface area contributed by atoms with E-state index in [0.717, 1.165) is 12.6 Å². The number of likely N-dealkylation sites (tertiary alicyclic amines) is 1. The molecule has 3 heteroatoms. The van der Waals surface area contributed by atoms with E-state index in [4.69, 9.17) is 5.73 Å². The fourth-order valence-corrected chi connectivity index (χ4v) is 4.20. The minimum atomic E-state index is 0.441. The standard InChI is InChI=1S/C16H33N3/c1-3-19(4-2)15-8-11-18(12-15)14-16(13-17)9-6-5-7-10-16/h15H,3-14,17H2,1-2H3. The molecule has 0 aromatic heterocycles. The molecule has 0 aromatic rings. The van der Waals surface area contributed by atoms with Gasteiger partial charge in [0.1, 0.15) is 0 Å². The molecule has 0 radical (unpaired) electrons. The number of nitrogens with zero attached hydrogens (tertiary/aromatic N) is 2. The zero-order valence-electron chi connectivity index (χ0n) is 13.0. The highest BCUT2D eigenvalue weighted by Crippen LogP contribution is 2.37. The number of nitrogens with two attached hydrogens (primary N) is 1. The maximum absolute atomic E-state index is 6.13. The van der Waals surface area contributed by atoms with Gasteiger partial charge in [-0.2, -0.15) is 0 Å². The van der Waals surface area contributed by atoms with Gasteiger partial charge in [-0.15, -0.1) is 0 Å². The Morgan fingerprint density at radius 2 is 1.84 bits per heavy atom. The fourth-order valence-electron chi connectivity index (χ4n) is 4.20. The number of rotatable bonds is 6. The zero-order valence-corrected chi connectivity index (χ0v) is 13.0. The van der Waals surface area contributed by atoms with E-state index < -0.39 is 0 Å². The molecule has 1 aliphatic heterocycles. The predicted molar refractivity (Wildman–Crippen MR) is 82.3 cm³/mol. The number of likely N-dealkylation sites (N-methyl/N-ethyl adjacent to an activating group) is 1. The molecular weight excluding hydrogens is 234 g/mol. The first-order chi connectivity index (χ1) is 9.23. The molecule has 1 atom stereocenters. The van der Waals surface area contributed by atoms with Gasteiger partial charge in [0, 0.05) is 19.1 Å². The van der Waals surface area contributed by atoms with Crippen molar-refractivity contribution >= 4 is 0 Å². The van der Waals surface area contributed by atoms with Crippen LogP contribution in [0.1, 0.15) is 52.4 Å². The second kappa shape index (κ2) is 7.05. The summed E-state index contributed by atoms with van der Waals surface area (Å²) in [7, 11) is 0. The predicted octanol–water partition coefficient (Wildman–Crippen LogP) is 2.31. The van der Waals surface area contributed by atoms with Crippen molar-refractivity contribution in [3.8, 4) is 0 Å². The second-order valence-corrected chi connectivity index (χ2v) is 6.66. The Morgan fingerprint density at radius 3 is 2.42 bits per heavy atom. The Bertz CT molecular complexity index is 257. The Kier molecular flexibility index (Phi) is 5.67. The van der Waals surface area contributed by atoms with Crippen LogP contribution in [0, 0.1) is 5.41 Å². The SMILES string of the molecule is CCN(CC)C1CCN(CC2(CN)CCCCC2)C1. The average Bonchev–Trinajstić information content (AvgIpc) is 2.89. The summed E-state index contributed by atoms with van der Waals surface area (Å²) in [6.45, 7) is 11.6. The largest absolute Gasteiger partial charge is 0.330 e. The molecule has 2 aliphatic rings. The molecule has 19 heavy (non-hydrogen) atoms. The molecule has 1 saturated heterocycles. The van der Waals surface area contributed by atoms with Crippen LogP contribution in [0.5, 0.6) is 0 Å². The van der Waals surface area contributed by atoms with Crippen molar-refractivity contribution in [1.82, 2.24) is 9.80 Å². The molecule has 1 aliphatic carbocycles. The third-order valence-corrected chi connectivity index (χ3v) is 5.48. The first-order valence-electron chi connectivity index (χ1n) is 8.39. The summed E-state index contributed by atoms with van der Waals surface area (Å²) in [5, 5.41) is 0. The van der Waals surface area contributed by atoms with Crippen molar-refractivity contribution in [2.45, 2.75) is 58.4 Å². The highest BCUT2D eigenvalue weighted by atomic mass is 15.3. The van der Waals surface area contributed by atoms with E-state index in [0.29, 0.717) is 5.41 Å². The molecule has 0 bridgehead atoms. The summed E-state index contributed by atoms with van der Waals surface area (Å²) in [6.07, 6.45) is 8.27. The lowest BCUT2D eigenvalue weighted by Crippen LogP contribution is -2.44. The molecule has 0 amide bonds. The maximum atomic E-state index is 6.13. The Balaban J connectivity index is 1.86. The third-order valence-electron chi connectivity index (χ3n) is 5.48. The van der Waals surface area contributed by atoms with Gasteiger partial charge in [0.25, 0.3) is 0 Å². The summed E-state index contributed by atoms with van der Waals surface area (Å²) < 4.78 is 0. The molecule has 2 rings (SSSR count). The lowest BCUT2D eigenvalue weighted by atomic mass is 9.74. The molecule has 2 N–H and O–H groups in total. The number of hydrogen-bond acceptors (Lipinski definition) is 3. The number of hydrogen-bond donors (Lipinski definition) is 1. The zero-order chi connectivity index (χ0) is 13.7. The maximum Gasteiger partial charge on any atom is 0.0235 e. The minimum Gasteiger partial charge on any atom is -0.330 e. The summed E-state index contributed by atoms with van der Waals surface area (Å²) >= 11 is 0. The van der Waals surface area contributed by atoms with Gasteiger partial charge in [-0.05, 0) is 50.9 Å². The lowest BCUT2D eigenvalue weighted by Gasteiger charge is -2.39. The van der Waals surface area contributed by atoms with E-state index >= 15 is 0 Å². The summed E-state index contributed by atoms with van der Waals surface area (Å²) in [4.78, 5) is 5.32. The monoisotopic (exact) mass is 267 g/mol. The van der Waals surface area contributed by atoms with Gasteiger partial charge < -0.3 is 10.6 Å². The minimum absolute atomic E-state index is 0.441. The Labute approximate surface area is 119 Å². The van der Waals surface area contributed by atoms with Crippen LogP contribution in [0.3, 0.4) is 0 Å². The average molecular weight is 267 g/mol. The van der Waals surface area contributed by atoms with E-state index in [1.165, 1.54) is 71.2 Å². The van der Waals surface area contributed by atoms with Crippen LogP contribution in [-0.4, -0.2) is 55.1 Å². The first kappa shape index (κ1) is 15.3. The van der Waals surface area contributed by atoms with Gasteiger partial charge in [0.05, 0.1) is 0 Å². The normalized spacial score (nSPS) is 28.1. The second-order valence-electron chi connectivity index (χ2n) is 6.66. The molecule has 0 spiro atoms. The van der Waals surface area contributed by atoms with E-state index in [2.05, 4.69) is 23.6 Å². The van der Waals surface area contributed by atoms with Crippen LogP contribution in [0.2, 0.25) is 0 Å². The van der Waals surface area contributed by atoms with Crippen LogP contribution in [0.15, 0.2) is 0 Å². The smallest absolute Gasteiger partial charge is 0.0235 e. The van der Waals surface area contributed by atoms with Crippen LogP contribution in [-0.2, 0) is 0 Å². The van der Waals surface area contributed by atoms with E-state index in [-0.39, 0.29) is 0 Å². The quantitative estimate of drug-likeness (QED) is 0.801. The Hall–Kier alpha value is -0.120. The molecule has 1 heterocycles. The van der Waals surface area contributed by atoms with E-state index in [9.17, 15) is 0 Å². The van der Waals surface area contributed by atoms with Gasteiger partial charge >= 0.3 is 0 Å². The van der Waals surface area contributed by atoms with Crippen LogP contribution in [0.25, 0.3) is 0 Å². The van der Waals surface area contributed by atoms with Crippen LogP contribution in [0.4, 0.5) is 0 Å². The lowest BCUT2D eigenvalue weighted by molar-refractivity contribution is 0.119. The molecule has 112 valence electrons. The van der Waals surface area contributed by atoms with Gasteiger partial charge in [0.2, 0.25) is 0 Å². The van der Waals surface area contributed by atoms with Crippen molar-refractivity contribution in [3.63, 3.8) is 0 Å². The molecule has 3 nitrogen and oxygen atoms in total. The van der Waals surface area contributed by atoms with Crippen LogP contribution < -0.4 is 5.73 Å². The van der Waals surface area contributed by atoms with Crippen LogP contribution >= 0.6 is 0 Å². The molecule has 1 saturated carbocycles. The van der Waals surface area contributed by atoms with Crippen molar-refractivity contribution in [2.75, 3.05) is 39.3 Å². The Morgan fingerprint density at radius 1 is 1.16 bits per heavy atom. The van der Waals surface area contributed by atoms with Crippen molar-refractivity contribution in [1.29, 1.82) is 0 Å². The summed E-state index contributed by atoms with van der Waals surface area (Å²) in [5.41, 5.74) is 6.57. The van der Waals surface area contributed by atoms with Gasteiger partial charge in [-0.25, -0.2) is 0 Å². The van der Waals surface area contributed by atoms with Crippen molar-refractivity contribution in [2.24, 2.45) is 11.1 Å².